The lowest BCUT2D eigenvalue weighted by atomic mass is 10.1. The predicted molar refractivity (Wildman–Crippen MR) is 114 cm³/mol. The number of rotatable bonds is 5. The van der Waals surface area contributed by atoms with Gasteiger partial charge < -0.3 is 19.8 Å². The monoisotopic (exact) mass is 387 g/mol. The smallest absolute Gasteiger partial charge is 0.259 e. The molecule has 0 saturated carbocycles. The van der Waals surface area contributed by atoms with Crippen LogP contribution < -0.4 is 14.8 Å². The number of carbonyl (C=O) groups excluding carboxylic acids is 1. The molecule has 0 aliphatic carbocycles. The van der Waals surface area contributed by atoms with Gasteiger partial charge in [0.2, 0.25) is 0 Å². The number of H-pyrrole nitrogens is 1. The van der Waals surface area contributed by atoms with E-state index in [1.54, 1.807) is 25.3 Å². The summed E-state index contributed by atoms with van der Waals surface area (Å²) in [7, 11) is 3.10. The molecule has 6 heteroatoms. The highest BCUT2D eigenvalue weighted by atomic mass is 16.5. The minimum absolute atomic E-state index is 0.255. The fraction of sp³-hybridized carbons (Fsp3) is 0.130. The number of anilines is 1. The molecule has 0 spiro atoms. The predicted octanol–water partition coefficient (Wildman–Crippen LogP) is 4.81. The summed E-state index contributed by atoms with van der Waals surface area (Å²) >= 11 is 0. The summed E-state index contributed by atoms with van der Waals surface area (Å²) in [5.74, 6) is 1.58. The zero-order valence-corrected chi connectivity index (χ0v) is 16.4. The van der Waals surface area contributed by atoms with Gasteiger partial charge in [-0.2, -0.15) is 0 Å². The second kappa shape index (κ2) is 7.67. The summed E-state index contributed by atoms with van der Waals surface area (Å²) in [5, 5.41) is 2.98. The average Bonchev–Trinajstić information content (AvgIpc) is 3.19. The van der Waals surface area contributed by atoms with Crippen molar-refractivity contribution in [2.45, 2.75) is 6.92 Å². The van der Waals surface area contributed by atoms with E-state index in [4.69, 9.17) is 9.47 Å². The van der Waals surface area contributed by atoms with Gasteiger partial charge in [-0.3, -0.25) is 4.79 Å². The summed E-state index contributed by atoms with van der Waals surface area (Å²) in [6.45, 7) is 1.95. The molecule has 0 aliphatic rings. The quantitative estimate of drug-likeness (QED) is 0.515. The minimum Gasteiger partial charge on any atom is -0.497 e. The van der Waals surface area contributed by atoms with Crippen LogP contribution in [0, 0.1) is 6.92 Å². The van der Waals surface area contributed by atoms with Crippen molar-refractivity contribution >= 4 is 22.6 Å². The Balaban J connectivity index is 1.65. The zero-order chi connectivity index (χ0) is 20.4. The van der Waals surface area contributed by atoms with Crippen LogP contribution in [0.3, 0.4) is 0 Å². The Labute approximate surface area is 168 Å². The maximum absolute atomic E-state index is 12.9. The number of methoxy groups -OCH3 is 2. The Morgan fingerprint density at radius 3 is 2.59 bits per heavy atom. The van der Waals surface area contributed by atoms with Crippen molar-refractivity contribution < 1.29 is 14.3 Å². The lowest BCUT2D eigenvalue weighted by molar-refractivity contribution is 0.102. The molecule has 1 heterocycles. The van der Waals surface area contributed by atoms with Gasteiger partial charge in [0.05, 0.1) is 30.8 Å². The van der Waals surface area contributed by atoms with Crippen molar-refractivity contribution in [2.75, 3.05) is 19.5 Å². The van der Waals surface area contributed by atoms with E-state index in [1.165, 1.54) is 7.11 Å². The fourth-order valence-electron chi connectivity index (χ4n) is 3.17. The lowest BCUT2D eigenvalue weighted by Crippen LogP contribution is -2.14. The Bertz CT molecular complexity index is 1160. The SMILES string of the molecule is COc1ccc(C(=O)Nc2cc(-c3nc4ccccc4[nH]3)ccc2C)c(OC)c1. The van der Waals surface area contributed by atoms with Crippen molar-refractivity contribution in [1.29, 1.82) is 0 Å². The standard InChI is InChI=1S/C23H21N3O3/c1-14-8-9-15(22-24-18-6-4-5-7-19(18)25-22)12-20(14)26-23(27)17-11-10-16(28-2)13-21(17)29-3/h4-13H,1-3H3,(H,24,25)(H,26,27). The van der Waals surface area contributed by atoms with Crippen LogP contribution in [0.4, 0.5) is 5.69 Å². The molecule has 0 saturated heterocycles. The van der Waals surface area contributed by atoms with E-state index in [-0.39, 0.29) is 5.91 Å². The zero-order valence-electron chi connectivity index (χ0n) is 16.4. The van der Waals surface area contributed by atoms with Gasteiger partial charge in [-0.05, 0) is 42.8 Å². The van der Waals surface area contributed by atoms with Gasteiger partial charge in [0.1, 0.15) is 17.3 Å². The Morgan fingerprint density at radius 2 is 1.83 bits per heavy atom. The molecule has 0 bridgehead atoms. The fourth-order valence-corrected chi connectivity index (χ4v) is 3.17. The van der Waals surface area contributed by atoms with Gasteiger partial charge in [-0.25, -0.2) is 4.98 Å². The van der Waals surface area contributed by atoms with Crippen LogP contribution in [0.1, 0.15) is 15.9 Å². The van der Waals surface area contributed by atoms with Crippen LogP contribution in [0.5, 0.6) is 11.5 Å². The molecule has 29 heavy (non-hydrogen) atoms. The number of benzene rings is 3. The maximum atomic E-state index is 12.9. The Morgan fingerprint density at radius 1 is 1.00 bits per heavy atom. The summed E-state index contributed by atoms with van der Waals surface area (Å²) in [6, 6.07) is 18.8. The Hall–Kier alpha value is -3.80. The number of aryl methyl sites for hydroxylation is 1. The van der Waals surface area contributed by atoms with Gasteiger partial charge in [-0.1, -0.05) is 24.3 Å². The molecule has 146 valence electrons. The van der Waals surface area contributed by atoms with Gasteiger partial charge in [0.15, 0.2) is 0 Å². The summed E-state index contributed by atoms with van der Waals surface area (Å²) in [6.07, 6.45) is 0. The van der Waals surface area contributed by atoms with Gasteiger partial charge in [-0.15, -0.1) is 0 Å². The Kier molecular flexibility index (Phi) is 4.91. The maximum Gasteiger partial charge on any atom is 0.259 e. The third-order valence-corrected chi connectivity index (χ3v) is 4.80. The summed E-state index contributed by atoms with van der Waals surface area (Å²) < 4.78 is 10.5. The number of amides is 1. The molecule has 0 unspecified atom stereocenters. The molecule has 0 aliphatic heterocycles. The largest absolute Gasteiger partial charge is 0.497 e. The van der Waals surface area contributed by atoms with Crippen LogP contribution in [-0.2, 0) is 0 Å². The van der Waals surface area contributed by atoms with Crippen LogP contribution >= 0.6 is 0 Å². The van der Waals surface area contributed by atoms with Crippen LogP contribution in [0.15, 0.2) is 60.7 Å². The molecule has 1 amide bonds. The molecule has 0 fully saturated rings. The number of imidazole rings is 1. The minimum atomic E-state index is -0.255. The number of ether oxygens (including phenoxy) is 2. The second-order valence-corrected chi connectivity index (χ2v) is 6.65. The molecule has 0 radical (unpaired) electrons. The molecule has 4 rings (SSSR count). The number of hydrogen-bond donors (Lipinski definition) is 2. The highest BCUT2D eigenvalue weighted by Crippen LogP contribution is 2.28. The van der Waals surface area contributed by atoms with E-state index in [2.05, 4.69) is 15.3 Å². The van der Waals surface area contributed by atoms with Crippen LogP contribution in [-0.4, -0.2) is 30.1 Å². The van der Waals surface area contributed by atoms with Gasteiger partial charge >= 0.3 is 0 Å². The van der Waals surface area contributed by atoms with E-state index in [0.717, 1.165) is 28.0 Å². The first kappa shape index (κ1) is 18.6. The van der Waals surface area contributed by atoms with E-state index < -0.39 is 0 Å². The third kappa shape index (κ3) is 3.65. The molecule has 4 aromatic rings. The number of fused-ring (bicyclic) bond motifs is 1. The number of nitrogens with one attached hydrogen (secondary N) is 2. The molecular weight excluding hydrogens is 366 g/mol. The van der Waals surface area contributed by atoms with Crippen molar-refractivity contribution in [2.24, 2.45) is 0 Å². The van der Waals surface area contributed by atoms with E-state index >= 15 is 0 Å². The number of carbonyl (C=O) groups is 1. The number of nitrogens with zero attached hydrogens (tertiary/aromatic N) is 1. The molecule has 6 nitrogen and oxygen atoms in total. The lowest BCUT2D eigenvalue weighted by Gasteiger charge is -2.13. The van der Waals surface area contributed by atoms with E-state index in [9.17, 15) is 4.79 Å². The van der Waals surface area contributed by atoms with Crippen LogP contribution in [0.2, 0.25) is 0 Å². The van der Waals surface area contributed by atoms with Crippen molar-refractivity contribution in [3.63, 3.8) is 0 Å². The molecule has 1 aromatic heterocycles. The first-order valence-corrected chi connectivity index (χ1v) is 9.18. The first-order valence-electron chi connectivity index (χ1n) is 9.18. The molecule has 2 N–H and O–H groups in total. The topological polar surface area (TPSA) is 76.2 Å². The molecule has 0 atom stereocenters. The summed E-state index contributed by atoms with van der Waals surface area (Å²) in [4.78, 5) is 20.8. The van der Waals surface area contributed by atoms with E-state index in [1.807, 2.05) is 49.4 Å². The molecule has 3 aromatic carbocycles. The number of hydrogen-bond acceptors (Lipinski definition) is 4. The molecular formula is C23H21N3O3. The number of para-hydroxylation sites is 2. The number of aromatic nitrogens is 2. The summed E-state index contributed by atoms with van der Waals surface area (Å²) in [5.41, 5.74) is 4.86. The first-order chi connectivity index (χ1) is 14.1. The highest BCUT2D eigenvalue weighted by molar-refractivity contribution is 6.07. The van der Waals surface area contributed by atoms with Crippen molar-refractivity contribution in [3.8, 4) is 22.9 Å². The van der Waals surface area contributed by atoms with Crippen LogP contribution in [0.25, 0.3) is 22.4 Å². The van der Waals surface area contributed by atoms with Gasteiger partial charge in [0, 0.05) is 17.3 Å². The normalized spacial score (nSPS) is 10.7. The van der Waals surface area contributed by atoms with Gasteiger partial charge in [0.25, 0.3) is 5.91 Å². The van der Waals surface area contributed by atoms with Crippen molar-refractivity contribution in [3.05, 3.63) is 71.8 Å². The van der Waals surface area contributed by atoms with E-state index in [0.29, 0.717) is 22.7 Å². The highest BCUT2D eigenvalue weighted by Gasteiger charge is 2.15. The third-order valence-electron chi connectivity index (χ3n) is 4.80. The second-order valence-electron chi connectivity index (χ2n) is 6.65. The average molecular weight is 387 g/mol. The van der Waals surface area contributed by atoms with Crippen molar-refractivity contribution in [1.82, 2.24) is 9.97 Å². The number of aromatic amines is 1.